The number of rotatable bonds is 5. The molecule has 0 amide bonds. The van der Waals surface area contributed by atoms with E-state index in [1.54, 1.807) is 0 Å². The summed E-state index contributed by atoms with van der Waals surface area (Å²) in [4.78, 5) is 10.8. The van der Waals surface area contributed by atoms with Crippen LogP contribution < -0.4 is 10.6 Å². The number of anilines is 1. The van der Waals surface area contributed by atoms with Crippen LogP contribution in [0.25, 0.3) is 0 Å². The van der Waals surface area contributed by atoms with Gasteiger partial charge in [0.15, 0.2) is 0 Å². The summed E-state index contributed by atoms with van der Waals surface area (Å²) in [5, 5.41) is 11.7. The van der Waals surface area contributed by atoms with E-state index in [1.165, 1.54) is 0 Å². The molecule has 6 nitrogen and oxygen atoms in total. The summed E-state index contributed by atoms with van der Waals surface area (Å²) in [6.45, 7) is 9.24. The van der Waals surface area contributed by atoms with Gasteiger partial charge in [-0.15, -0.1) is 0 Å². The Kier molecular flexibility index (Phi) is 4.88. The van der Waals surface area contributed by atoms with E-state index in [0.717, 1.165) is 23.9 Å². The van der Waals surface area contributed by atoms with Crippen LogP contribution in [0.3, 0.4) is 0 Å². The van der Waals surface area contributed by atoms with Gasteiger partial charge in [-0.1, -0.05) is 12.1 Å². The van der Waals surface area contributed by atoms with Crippen molar-refractivity contribution < 1.29 is 5.21 Å². The van der Waals surface area contributed by atoms with Crippen LogP contribution in [0.1, 0.15) is 25.4 Å². The van der Waals surface area contributed by atoms with Crippen molar-refractivity contribution in [1.29, 1.82) is 0 Å². The molecule has 0 aliphatic rings. The highest BCUT2D eigenvalue weighted by Crippen LogP contribution is 2.14. The van der Waals surface area contributed by atoms with E-state index in [4.69, 9.17) is 10.9 Å². The van der Waals surface area contributed by atoms with Gasteiger partial charge in [-0.2, -0.15) is 0 Å². The summed E-state index contributed by atoms with van der Waals surface area (Å²) in [5.74, 6) is 1.82. The zero-order valence-corrected chi connectivity index (χ0v) is 11.4. The molecule has 0 aromatic carbocycles. The van der Waals surface area contributed by atoms with Crippen molar-refractivity contribution >= 4 is 11.7 Å². The molecule has 3 N–H and O–H groups in total. The molecule has 100 valence electrons. The lowest BCUT2D eigenvalue weighted by atomic mass is 10.1. The third-order valence-corrected chi connectivity index (χ3v) is 2.77. The molecule has 0 radical (unpaired) electrons. The van der Waals surface area contributed by atoms with Crippen LogP contribution in [-0.4, -0.2) is 34.1 Å². The number of hydrogen-bond acceptors (Lipinski definition) is 5. The van der Waals surface area contributed by atoms with Crippen LogP contribution in [-0.2, 0) is 0 Å². The van der Waals surface area contributed by atoms with Crippen LogP contribution >= 0.6 is 0 Å². The number of nitrogens with two attached hydrogens (primary N) is 1. The summed E-state index contributed by atoms with van der Waals surface area (Å²) in [7, 11) is 0. The highest BCUT2D eigenvalue weighted by molar-refractivity contribution is 5.82. The Bertz CT molecular complexity index is 412. The first-order valence-electron chi connectivity index (χ1n) is 6.02. The third-order valence-electron chi connectivity index (χ3n) is 2.77. The highest BCUT2D eigenvalue weighted by Gasteiger charge is 2.14. The zero-order valence-electron chi connectivity index (χ0n) is 11.4. The van der Waals surface area contributed by atoms with E-state index in [2.05, 4.69) is 20.0 Å². The number of nitrogens with zero attached hydrogens (tertiary/aromatic N) is 4. The van der Waals surface area contributed by atoms with Crippen LogP contribution in [0.15, 0.2) is 11.2 Å². The van der Waals surface area contributed by atoms with Crippen molar-refractivity contribution in [3.05, 3.63) is 17.6 Å². The molecule has 0 aliphatic heterocycles. The van der Waals surface area contributed by atoms with Gasteiger partial charge in [0.1, 0.15) is 17.5 Å². The topological polar surface area (TPSA) is 87.6 Å². The Morgan fingerprint density at radius 3 is 2.67 bits per heavy atom. The SMILES string of the molecule is CCN(CC(C)/C(N)=N/O)c1cc(C)nc(C)n1. The van der Waals surface area contributed by atoms with Crippen molar-refractivity contribution in [1.82, 2.24) is 9.97 Å². The smallest absolute Gasteiger partial charge is 0.143 e. The molecule has 1 heterocycles. The molecular weight excluding hydrogens is 230 g/mol. The maximum absolute atomic E-state index is 8.67. The maximum Gasteiger partial charge on any atom is 0.143 e. The summed E-state index contributed by atoms with van der Waals surface area (Å²) in [6, 6.07) is 1.94. The van der Waals surface area contributed by atoms with E-state index in [-0.39, 0.29) is 11.8 Å². The minimum Gasteiger partial charge on any atom is -0.409 e. The second-order valence-electron chi connectivity index (χ2n) is 4.38. The largest absolute Gasteiger partial charge is 0.409 e. The molecule has 18 heavy (non-hydrogen) atoms. The lowest BCUT2D eigenvalue weighted by Crippen LogP contribution is -2.35. The average Bonchev–Trinajstić information content (AvgIpc) is 2.33. The molecule has 6 heteroatoms. The minimum absolute atomic E-state index is 0.0365. The molecule has 1 aromatic rings. The summed E-state index contributed by atoms with van der Waals surface area (Å²) < 4.78 is 0. The average molecular weight is 251 g/mol. The predicted molar refractivity (Wildman–Crippen MR) is 72.0 cm³/mol. The Labute approximate surface area is 108 Å². The van der Waals surface area contributed by atoms with E-state index in [1.807, 2.05) is 33.8 Å². The third kappa shape index (κ3) is 3.58. The first-order chi connectivity index (χ1) is 8.47. The Morgan fingerprint density at radius 1 is 1.50 bits per heavy atom. The Balaban J connectivity index is 2.89. The molecule has 0 bridgehead atoms. The van der Waals surface area contributed by atoms with E-state index < -0.39 is 0 Å². The molecule has 0 spiro atoms. The number of aromatic nitrogens is 2. The van der Waals surface area contributed by atoms with Gasteiger partial charge in [0.2, 0.25) is 0 Å². The number of oxime groups is 1. The van der Waals surface area contributed by atoms with Crippen LogP contribution in [0.5, 0.6) is 0 Å². The van der Waals surface area contributed by atoms with Crippen molar-refractivity contribution in [3.63, 3.8) is 0 Å². The van der Waals surface area contributed by atoms with E-state index in [0.29, 0.717) is 6.54 Å². The standard InChI is InChI=1S/C12H21N5O/c1-5-17(7-8(2)12(13)16-18)11-6-9(3)14-10(4)15-11/h6,8,18H,5,7H2,1-4H3,(H2,13,16). The number of aryl methyl sites for hydroxylation is 2. The minimum atomic E-state index is -0.0365. The Morgan fingerprint density at radius 2 is 2.17 bits per heavy atom. The normalized spacial score (nSPS) is 13.4. The molecule has 1 rings (SSSR count). The molecule has 1 atom stereocenters. The second-order valence-corrected chi connectivity index (χ2v) is 4.38. The van der Waals surface area contributed by atoms with Gasteiger partial charge in [-0.25, -0.2) is 9.97 Å². The van der Waals surface area contributed by atoms with Crippen molar-refractivity contribution in [2.45, 2.75) is 27.7 Å². The lowest BCUT2D eigenvalue weighted by Gasteiger charge is -2.25. The van der Waals surface area contributed by atoms with Crippen molar-refractivity contribution in [3.8, 4) is 0 Å². The monoisotopic (exact) mass is 251 g/mol. The van der Waals surface area contributed by atoms with Crippen molar-refractivity contribution in [2.24, 2.45) is 16.8 Å². The highest BCUT2D eigenvalue weighted by atomic mass is 16.4. The maximum atomic E-state index is 8.67. The van der Waals surface area contributed by atoms with Gasteiger partial charge in [-0.3, -0.25) is 0 Å². The van der Waals surface area contributed by atoms with Gasteiger partial charge in [-0.05, 0) is 20.8 Å². The van der Waals surface area contributed by atoms with Crippen LogP contribution in [0, 0.1) is 19.8 Å². The van der Waals surface area contributed by atoms with E-state index in [9.17, 15) is 0 Å². The number of amidine groups is 1. The van der Waals surface area contributed by atoms with Crippen molar-refractivity contribution in [2.75, 3.05) is 18.0 Å². The molecule has 0 aliphatic carbocycles. The first kappa shape index (κ1) is 14.2. The molecule has 0 saturated carbocycles. The molecular formula is C12H21N5O. The molecule has 0 fully saturated rings. The van der Waals surface area contributed by atoms with Crippen LogP contribution in [0.4, 0.5) is 5.82 Å². The fourth-order valence-electron chi connectivity index (χ4n) is 1.77. The van der Waals surface area contributed by atoms with Gasteiger partial charge < -0.3 is 15.8 Å². The Hall–Kier alpha value is -1.85. The first-order valence-corrected chi connectivity index (χ1v) is 6.02. The van der Waals surface area contributed by atoms with Gasteiger partial charge in [0, 0.05) is 30.8 Å². The summed E-state index contributed by atoms with van der Waals surface area (Å²) >= 11 is 0. The fourth-order valence-corrected chi connectivity index (χ4v) is 1.77. The summed E-state index contributed by atoms with van der Waals surface area (Å²) in [6.07, 6.45) is 0. The molecule has 1 aromatic heterocycles. The second kappa shape index (κ2) is 6.18. The quantitative estimate of drug-likeness (QED) is 0.356. The fraction of sp³-hybridized carbons (Fsp3) is 0.583. The van der Waals surface area contributed by atoms with Gasteiger partial charge in [0.25, 0.3) is 0 Å². The van der Waals surface area contributed by atoms with Gasteiger partial charge in [0.05, 0.1) is 0 Å². The predicted octanol–water partition coefficient (Wildman–Crippen LogP) is 1.30. The molecule has 0 saturated heterocycles. The number of hydrogen-bond donors (Lipinski definition) is 2. The van der Waals surface area contributed by atoms with Gasteiger partial charge >= 0.3 is 0 Å². The van der Waals surface area contributed by atoms with Crippen LogP contribution in [0.2, 0.25) is 0 Å². The lowest BCUT2D eigenvalue weighted by molar-refractivity contribution is 0.314. The zero-order chi connectivity index (χ0) is 13.7. The van der Waals surface area contributed by atoms with E-state index >= 15 is 0 Å². The summed E-state index contributed by atoms with van der Waals surface area (Å²) in [5.41, 5.74) is 6.54. The molecule has 1 unspecified atom stereocenters.